The maximum atomic E-state index is 12.0. The van der Waals surface area contributed by atoms with Gasteiger partial charge in [0.15, 0.2) is 5.76 Å². The van der Waals surface area contributed by atoms with Crippen molar-refractivity contribution in [2.24, 2.45) is 5.92 Å². The average molecular weight is 346 g/mol. The van der Waals surface area contributed by atoms with E-state index in [9.17, 15) is 4.79 Å². The van der Waals surface area contributed by atoms with Crippen LogP contribution in [0.2, 0.25) is 0 Å². The number of thiophene rings is 1. The number of hydrogen-bond acceptors (Lipinski definition) is 5. The van der Waals surface area contributed by atoms with Crippen LogP contribution < -0.4 is 5.32 Å². The van der Waals surface area contributed by atoms with Crippen LogP contribution in [0.5, 0.6) is 0 Å². The molecule has 1 saturated heterocycles. The number of morpholine rings is 1. The fourth-order valence-corrected chi connectivity index (χ4v) is 4.60. The number of rotatable bonds is 5. The highest BCUT2D eigenvalue weighted by atomic mass is 32.1. The van der Waals surface area contributed by atoms with Gasteiger partial charge >= 0.3 is 0 Å². The predicted molar refractivity (Wildman–Crippen MR) is 92.0 cm³/mol. The number of amides is 1. The molecule has 2 aromatic heterocycles. The maximum absolute atomic E-state index is 12.0. The third-order valence-electron chi connectivity index (χ3n) is 5.04. The van der Waals surface area contributed by atoms with E-state index in [1.807, 2.05) is 11.3 Å². The summed E-state index contributed by atoms with van der Waals surface area (Å²) in [5, 5.41) is 5.13. The second-order valence-electron chi connectivity index (χ2n) is 6.48. The molecular weight excluding hydrogens is 324 g/mol. The van der Waals surface area contributed by atoms with Crippen molar-refractivity contribution < 1.29 is 13.9 Å². The predicted octanol–water partition coefficient (Wildman–Crippen LogP) is 2.75. The molecule has 1 aliphatic heterocycles. The van der Waals surface area contributed by atoms with Crippen molar-refractivity contribution in [1.82, 2.24) is 10.2 Å². The minimum Gasteiger partial charge on any atom is -0.459 e. The van der Waals surface area contributed by atoms with Crippen molar-refractivity contribution in [1.29, 1.82) is 0 Å². The first-order valence-corrected chi connectivity index (χ1v) is 9.39. The molecule has 0 unspecified atom stereocenters. The van der Waals surface area contributed by atoms with E-state index < -0.39 is 0 Å². The summed E-state index contributed by atoms with van der Waals surface area (Å²) in [7, 11) is 0. The summed E-state index contributed by atoms with van der Waals surface area (Å²) in [4.78, 5) is 16.0. The summed E-state index contributed by atoms with van der Waals surface area (Å²) < 4.78 is 11.2. The molecule has 2 fully saturated rings. The van der Waals surface area contributed by atoms with E-state index in [0.29, 0.717) is 24.3 Å². The second kappa shape index (κ2) is 7.09. The van der Waals surface area contributed by atoms with Crippen LogP contribution in [-0.4, -0.2) is 42.6 Å². The van der Waals surface area contributed by atoms with Crippen molar-refractivity contribution in [2.75, 3.05) is 19.7 Å². The largest absolute Gasteiger partial charge is 0.459 e. The lowest BCUT2D eigenvalue weighted by atomic mass is 10.0. The van der Waals surface area contributed by atoms with Gasteiger partial charge in [0.2, 0.25) is 0 Å². The molecule has 5 nitrogen and oxygen atoms in total. The Balaban J connectivity index is 1.35. The number of furan rings is 1. The zero-order valence-corrected chi connectivity index (χ0v) is 14.3. The van der Waals surface area contributed by atoms with Crippen molar-refractivity contribution in [3.63, 3.8) is 0 Å². The summed E-state index contributed by atoms with van der Waals surface area (Å²) in [6.45, 7) is 3.42. The molecule has 24 heavy (non-hydrogen) atoms. The van der Waals surface area contributed by atoms with Crippen LogP contribution >= 0.6 is 11.3 Å². The van der Waals surface area contributed by atoms with E-state index in [1.165, 1.54) is 11.1 Å². The summed E-state index contributed by atoms with van der Waals surface area (Å²) in [5.41, 5.74) is 0. The number of nitrogens with one attached hydrogen (secondary N) is 1. The zero-order valence-electron chi connectivity index (χ0n) is 13.5. The van der Waals surface area contributed by atoms with Crippen LogP contribution in [0.25, 0.3) is 0 Å². The van der Waals surface area contributed by atoms with Crippen LogP contribution in [0.3, 0.4) is 0 Å². The Bertz CT molecular complexity index is 656. The lowest BCUT2D eigenvalue weighted by Gasteiger charge is -2.39. The molecule has 0 aromatic carbocycles. The Morgan fingerprint density at radius 1 is 1.33 bits per heavy atom. The van der Waals surface area contributed by atoms with Crippen molar-refractivity contribution in [3.05, 3.63) is 46.5 Å². The van der Waals surface area contributed by atoms with Crippen molar-refractivity contribution >= 4 is 17.2 Å². The van der Waals surface area contributed by atoms with Gasteiger partial charge in [-0.1, -0.05) is 6.07 Å². The molecule has 2 aromatic rings. The lowest BCUT2D eigenvalue weighted by molar-refractivity contribution is -0.0754. The van der Waals surface area contributed by atoms with Gasteiger partial charge in [-0.2, -0.15) is 0 Å². The fourth-order valence-electron chi connectivity index (χ4n) is 3.87. The number of carbonyl (C=O) groups excluding carboxylic acids is 1. The fraction of sp³-hybridized carbons (Fsp3) is 0.500. The summed E-state index contributed by atoms with van der Waals surface area (Å²) >= 11 is 1.81. The highest BCUT2D eigenvalue weighted by Gasteiger charge is 2.42. The Morgan fingerprint density at radius 2 is 2.29 bits per heavy atom. The second-order valence-corrected chi connectivity index (χ2v) is 7.51. The van der Waals surface area contributed by atoms with E-state index in [1.54, 1.807) is 12.1 Å². The standard InChI is InChI=1S/C18H22N2O3S/c21-18(16-4-1-8-22-16)19-11-13-5-6-15-17(13)23-9-7-20(15)12-14-3-2-10-24-14/h1-4,8,10,13,15,17H,5-7,9,11-12H2,(H,19,21)/t13-,15+,17+/m0/s1. The van der Waals surface area contributed by atoms with Gasteiger partial charge in [0.25, 0.3) is 5.91 Å². The van der Waals surface area contributed by atoms with Crippen molar-refractivity contribution in [3.8, 4) is 0 Å². The first kappa shape index (κ1) is 15.9. The molecule has 2 aliphatic rings. The molecule has 3 atom stereocenters. The Hall–Kier alpha value is -1.63. The van der Waals surface area contributed by atoms with Gasteiger partial charge in [-0.25, -0.2) is 0 Å². The van der Waals surface area contributed by atoms with Crippen LogP contribution in [0, 0.1) is 5.92 Å². The van der Waals surface area contributed by atoms with Gasteiger partial charge in [0, 0.05) is 36.5 Å². The van der Waals surface area contributed by atoms with E-state index in [-0.39, 0.29) is 12.0 Å². The molecule has 0 spiro atoms. The minimum atomic E-state index is -0.144. The summed E-state index contributed by atoms with van der Waals surface area (Å²) in [5.74, 6) is 0.600. The number of carbonyl (C=O) groups is 1. The minimum absolute atomic E-state index is 0.144. The molecule has 128 valence electrons. The SMILES string of the molecule is O=C(NC[C@@H]1CC[C@@H]2[C@@H]1OCCN2Cc1cccs1)c1ccco1. The summed E-state index contributed by atoms with van der Waals surface area (Å²) in [6.07, 6.45) is 3.97. The molecule has 6 heteroatoms. The molecule has 1 aliphatic carbocycles. The van der Waals surface area contributed by atoms with Gasteiger partial charge in [0.05, 0.1) is 19.0 Å². The molecule has 0 radical (unpaired) electrons. The summed E-state index contributed by atoms with van der Waals surface area (Å²) in [6, 6.07) is 8.19. The van der Waals surface area contributed by atoms with Gasteiger partial charge < -0.3 is 14.5 Å². The van der Waals surface area contributed by atoms with E-state index in [4.69, 9.17) is 9.15 Å². The molecule has 1 saturated carbocycles. The molecule has 4 rings (SSSR count). The maximum Gasteiger partial charge on any atom is 0.286 e. The van der Waals surface area contributed by atoms with Gasteiger partial charge in [0.1, 0.15) is 0 Å². The normalized spacial score (nSPS) is 27.1. The number of nitrogens with zero attached hydrogens (tertiary/aromatic N) is 1. The van der Waals surface area contributed by atoms with Crippen LogP contribution in [0.15, 0.2) is 40.3 Å². The number of fused-ring (bicyclic) bond motifs is 1. The van der Waals surface area contributed by atoms with E-state index in [0.717, 1.165) is 32.5 Å². The Kier molecular flexibility index (Phi) is 4.69. The highest BCUT2D eigenvalue weighted by Crippen LogP contribution is 2.35. The Morgan fingerprint density at radius 3 is 3.08 bits per heavy atom. The first-order chi connectivity index (χ1) is 11.8. The van der Waals surface area contributed by atoms with Crippen LogP contribution in [0.1, 0.15) is 28.3 Å². The van der Waals surface area contributed by atoms with Gasteiger partial charge in [-0.3, -0.25) is 9.69 Å². The van der Waals surface area contributed by atoms with Crippen molar-refractivity contribution in [2.45, 2.75) is 31.5 Å². The quantitative estimate of drug-likeness (QED) is 0.904. The van der Waals surface area contributed by atoms with Gasteiger partial charge in [-0.15, -0.1) is 11.3 Å². The topological polar surface area (TPSA) is 54.7 Å². The molecule has 3 heterocycles. The van der Waals surface area contributed by atoms with Crippen LogP contribution in [-0.2, 0) is 11.3 Å². The Labute approximate surface area is 145 Å². The lowest BCUT2D eigenvalue weighted by Crippen LogP contribution is -2.50. The van der Waals surface area contributed by atoms with E-state index >= 15 is 0 Å². The van der Waals surface area contributed by atoms with E-state index in [2.05, 4.69) is 27.7 Å². The zero-order chi connectivity index (χ0) is 16.4. The third kappa shape index (κ3) is 3.27. The highest BCUT2D eigenvalue weighted by molar-refractivity contribution is 7.09. The van der Waals surface area contributed by atoms with Gasteiger partial charge in [-0.05, 0) is 36.4 Å². The monoisotopic (exact) mass is 346 g/mol. The smallest absolute Gasteiger partial charge is 0.286 e. The third-order valence-corrected chi connectivity index (χ3v) is 5.90. The molecule has 0 bridgehead atoms. The molecule has 1 amide bonds. The van der Waals surface area contributed by atoms with Crippen LogP contribution in [0.4, 0.5) is 0 Å². The average Bonchev–Trinajstić information content (AvgIpc) is 3.34. The number of ether oxygens (including phenoxy) is 1. The first-order valence-electron chi connectivity index (χ1n) is 8.51. The molecule has 1 N–H and O–H groups in total. The molecular formula is C18H22N2O3S. The number of hydrogen-bond donors (Lipinski definition) is 1.